The van der Waals surface area contributed by atoms with Gasteiger partial charge in [0.25, 0.3) is 0 Å². The maximum atomic E-state index is 11.1. The van der Waals surface area contributed by atoms with E-state index < -0.39 is 20.7 Å². The zero-order chi connectivity index (χ0) is 14.3. The molecule has 2 rings (SSSR count). The monoisotopic (exact) mass is 372 g/mol. The first-order valence-corrected chi connectivity index (χ1v) is 9.08. The molecule has 1 aromatic heterocycles. The van der Waals surface area contributed by atoms with Crippen LogP contribution in [-0.2, 0) is 9.13 Å². The second-order valence-electron chi connectivity index (χ2n) is 3.68. The number of hydrogen-bond donors (Lipinski definition) is 5. The Morgan fingerprint density at radius 1 is 1.10 bits per heavy atom. The van der Waals surface area contributed by atoms with Crippen LogP contribution in [0.15, 0.2) is 24.3 Å². The largest absolute Gasteiger partial charge is 1.00 e. The molecule has 0 aliphatic rings. The minimum absolute atomic E-state index is 0. The van der Waals surface area contributed by atoms with Gasteiger partial charge in [-0.25, -0.2) is 4.98 Å². The van der Waals surface area contributed by atoms with Gasteiger partial charge in [-0.1, -0.05) is 23.5 Å². The van der Waals surface area contributed by atoms with E-state index in [0.29, 0.717) is 5.52 Å². The molecular formula is C8H12N2Na2O6P2S. The molecule has 108 valence electrons. The van der Waals surface area contributed by atoms with Crippen molar-refractivity contribution in [2.24, 2.45) is 0 Å². The summed E-state index contributed by atoms with van der Waals surface area (Å²) in [6.07, 6.45) is 0. The Bertz CT molecular complexity index is 656. The van der Waals surface area contributed by atoms with E-state index >= 15 is 0 Å². The van der Waals surface area contributed by atoms with E-state index in [0.717, 1.165) is 16.0 Å². The van der Waals surface area contributed by atoms with E-state index in [1.165, 1.54) is 0 Å². The molecular weight excluding hydrogens is 360 g/mol. The smallest absolute Gasteiger partial charge is 1.00 e. The zero-order valence-electron chi connectivity index (χ0n) is 13.2. The third-order valence-electron chi connectivity index (χ3n) is 2.18. The SMILES string of the molecule is O=P(O)(O)C(Nc1nc2ccccc2s1)P(=O)(O)O.[H-].[H-].[Na+].[Na+]. The van der Waals surface area contributed by atoms with Crippen molar-refractivity contribution in [2.75, 3.05) is 5.32 Å². The van der Waals surface area contributed by atoms with Gasteiger partial charge in [-0.2, -0.15) is 0 Å². The molecule has 1 heterocycles. The molecule has 5 N–H and O–H groups in total. The molecule has 8 nitrogen and oxygen atoms in total. The molecule has 0 fully saturated rings. The van der Waals surface area contributed by atoms with Crippen LogP contribution in [0.25, 0.3) is 10.2 Å². The first-order chi connectivity index (χ1) is 8.68. The van der Waals surface area contributed by atoms with Gasteiger partial charge in [0.15, 0.2) is 5.13 Å². The second-order valence-corrected chi connectivity index (χ2v) is 8.51. The van der Waals surface area contributed by atoms with Crippen LogP contribution in [0.2, 0.25) is 0 Å². The molecule has 0 radical (unpaired) electrons. The summed E-state index contributed by atoms with van der Waals surface area (Å²) < 4.78 is 23.0. The van der Waals surface area contributed by atoms with E-state index in [4.69, 9.17) is 19.6 Å². The number of nitrogens with one attached hydrogen (secondary N) is 1. The minimum atomic E-state index is -5.01. The van der Waals surface area contributed by atoms with Gasteiger partial charge in [0, 0.05) is 0 Å². The maximum Gasteiger partial charge on any atom is 1.00 e. The summed E-state index contributed by atoms with van der Waals surface area (Å²) in [6.45, 7) is 0. The molecule has 13 heteroatoms. The summed E-state index contributed by atoms with van der Waals surface area (Å²) in [7, 11) is -10.0. The van der Waals surface area contributed by atoms with Crippen LogP contribution in [0, 0.1) is 0 Å². The average molecular weight is 372 g/mol. The van der Waals surface area contributed by atoms with Crippen LogP contribution >= 0.6 is 26.5 Å². The van der Waals surface area contributed by atoms with E-state index in [1.54, 1.807) is 24.3 Å². The number of para-hydroxylation sites is 1. The van der Waals surface area contributed by atoms with Crippen LogP contribution < -0.4 is 64.4 Å². The van der Waals surface area contributed by atoms with Crippen LogP contribution in [0.1, 0.15) is 2.85 Å². The topological polar surface area (TPSA) is 140 Å². The Morgan fingerprint density at radius 3 is 2.10 bits per heavy atom. The number of benzene rings is 1. The molecule has 0 bridgehead atoms. The standard InChI is InChI=1S/C8H10N2O6P2S.2Na.2H/c11-17(12,13)8(18(14,15)16)10-7-9-5-3-1-2-4-6(5)19-7;;;;/h1-4,8H,(H,9,10)(H2,11,12,13)(H2,14,15,16);;;;/q;2*+1;2*-1. The number of nitrogens with zero attached hydrogens (tertiary/aromatic N) is 1. The van der Waals surface area contributed by atoms with Gasteiger partial charge in [0.1, 0.15) is 0 Å². The van der Waals surface area contributed by atoms with Crippen molar-refractivity contribution in [2.45, 2.75) is 5.52 Å². The number of anilines is 1. The van der Waals surface area contributed by atoms with Gasteiger partial charge in [-0.3, -0.25) is 9.13 Å². The minimum Gasteiger partial charge on any atom is -1.00 e. The van der Waals surface area contributed by atoms with Crippen molar-refractivity contribution >= 4 is 41.9 Å². The fraction of sp³-hybridized carbons (Fsp3) is 0.125. The normalized spacial score (nSPS) is 11.9. The Kier molecular flexibility index (Phi) is 8.83. The molecule has 0 saturated carbocycles. The first-order valence-electron chi connectivity index (χ1n) is 4.90. The first kappa shape index (κ1) is 22.2. The molecule has 2 aromatic rings. The van der Waals surface area contributed by atoms with Crippen molar-refractivity contribution in [3.63, 3.8) is 0 Å². The molecule has 21 heavy (non-hydrogen) atoms. The fourth-order valence-electron chi connectivity index (χ4n) is 1.41. The van der Waals surface area contributed by atoms with Crippen molar-refractivity contribution < 1.29 is 90.7 Å². The molecule has 0 atom stereocenters. The maximum absolute atomic E-state index is 11.1. The Hall–Kier alpha value is 1.21. The van der Waals surface area contributed by atoms with E-state index in [9.17, 15) is 9.13 Å². The summed E-state index contributed by atoms with van der Waals surface area (Å²) in [4.78, 5) is 39.9. The predicted molar refractivity (Wildman–Crippen MR) is 73.3 cm³/mol. The summed E-state index contributed by atoms with van der Waals surface area (Å²) in [5, 5.41) is 2.17. The van der Waals surface area contributed by atoms with Crippen molar-refractivity contribution in [3.05, 3.63) is 24.3 Å². The summed E-state index contributed by atoms with van der Waals surface area (Å²) >= 11 is 1.05. The third kappa shape index (κ3) is 5.97. The number of aromatic nitrogens is 1. The summed E-state index contributed by atoms with van der Waals surface area (Å²) in [6, 6.07) is 6.91. The molecule has 0 saturated heterocycles. The molecule has 0 spiro atoms. The van der Waals surface area contributed by atoms with Crippen molar-refractivity contribution in [1.29, 1.82) is 0 Å². The molecule has 0 unspecified atom stereocenters. The van der Waals surface area contributed by atoms with Gasteiger partial charge in [-0.05, 0) is 12.1 Å². The number of fused-ring (bicyclic) bond motifs is 1. The van der Waals surface area contributed by atoms with Crippen molar-refractivity contribution in [3.8, 4) is 0 Å². The Labute approximate surface area is 171 Å². The zero-order valence-corrected chi connectivity index (χ0v) is 17.8. The van der Waals surface area contributed by atoms with Crippen molar-refractivity contribution in [1.82, 2.24) is 4.98 Å². The summed E-state index contributed by atoms with van der Waals surface area (Å²) in [5.41, 5.74) is -1.72. The van der Waals surface area contributed by atoms with Crippen LogP contribution in [0.4, 0.5) is 5.13 Å². The van der Waals surface area contributed by atoms with E-state index in [2.05, 4.69) is 10.3 Å². The molecule has 0 amide bonds. The van der Waals surface area contributed by atoms with Gasteiger partial charge in [-0.15, -0.1) is 0 Å². The second kappa shape index (κ2) is 8.35. The quantitative estimate of drug-likeness (QED) is 0.268. The predicted octanol–water partition coefficient (Wildman–Crippen LogP) is -4.42. The Balaban J connectivity index is -0.000001000. The molecule has 0 aliphatic heterocycles. The third-order valence-corrected chi connectivity index (χ3v) is 6.49. The van der Waals surface area contributed by atoms with E-state index in [-0.39, 0.29) is 67.1 Å². The molecule has 0 aliphatic carbocycles. The average Bonchev–Trinajstić information content (AvgIpc) is 2.65. The van der Waals surface area contributed by atoms with Crippen LogP contribution in [-0.4, -0.2) is 30.1 Å². The fourth-order valence-corrected chi connectivity index (χ4v) is 4.63. The van der Waals surface area contributed by atoms with Gasteiger partial charge in [0.05, 0.1) is 10.2 Å². The number of rotatable bonds is 4. The van der Waals surface area contributed by atoms with Gasteiger partial charge in [0.2, 0.25) is 5.52 Å². The van der Waals surface area contributed by atoms with E-state index in [1.807, 2.05) is 0 Å². The van der Waals surface area contributed by atoms with Crippen LogP contribution in [0.3, 0.4) is 0 Å². The molecule has 1 aromatic carbocycles. The van der Waals surface area contributed by atoms with Crippen LogP contribution in [0.5, 0.6) is 0 Å². The number of thiazole rings is 1. The van der Waals surface area contributed by atoms with Gasteiger partial charge < -0.3 is 27.7 Å². The number of hydrogen-bond acceptors (Lipinski definition) is 5. The van der Waals surface area contributed by atoms with Gasteiger partial charge >= 0.3 is 74.3 Å². The Morgan fingerprint density at radius 2 is 1.62 bits per heavy atom. The summed E-state index contributed by atoms with van der Waals surface area (Å²) in [5.74, 6) is 0.